The van der Waals surface area contributed by atoms with Crippen LogP contribution in [0.15, 0.2) is 30.3 Å². The summed E-state index contributed by atoms with van der Waals surface area (Å²) < 4.78 is 5.03. The lowest BCUT2D eigenvalue weighted by molar-refractivity contribution is -0.111. The Hall–Kier alpha value is -1.11. The van der Waals surface area contributed by atoms with E-state index in [1.807, 2.05) is 30.3 Å². The van der Waals surface area contributed by atoms with Gasteiger partial charge in [0.25, 0.3) is 0 Å². The van der Waals surface area contributed by atoms with Gasteiger partial charge < -0.3 is 10.1 Å². The molecule has 1 N–H and O–H groups in total. The molecule has 0 spiro atoms. The second kappa shape index (κ2) is 6.88. The number of carbonyl (C=O) groups is 2. The Balaban J connectivity index is 2.64. The maximum Gasteiger partial charge on any atom is 0.408 e. The number of carbonyl (C=O) groups excluding carboxylic acids is 2. The third kappa shape index (κ3) is 6.56. The third-order valence-corrected chi connectivity index (χ3v) is 3.00. The molecule has 4 nitrogen and oxygen atoms in total. The number of hydrogen-bond acceptors (Lipinski definition) is 3. The van der Waals surface area contributed by atoms with Crippen molar-refractivity contribution in [1.82, 2.24) is 5.32 Å². The smallest absolute Gasteiger partial charge is 0.408 e. The highest BCUT2D eigenvalue weighted by Crippen LogP contribution is 2.10. The second-order valence-corrected chi connectivity index (χ2v) is 6.26. The molecular weight excluding hydrogens is 357 g/mol. The summed E-state index contributed by atoms with van der Waals surface area (Å²) in [6.45, 7) is 5.35. The van der Waals surface area contributed by atoms with E-state index in [0.717, 1.165) is 5.56 Å². The van der Waals surface area contributed by atoms with Gasteiger partial charge in [0.1, 0.15) is 11.6 Å². The van der Waals surface area contributed by atoms with Gasteiger partial charge in [0, 0.05) is 29.0 Å². The van der Waals surface area contributed by atoms with Crippen molar-refractivity contribution >= 4 is 32.5 Å². The van der Waals surface area contributed by atoms with E-state index in [0.29, 0.717) is 6.42 Å². The van der Waals surface area contributed by atoms with E-state index >= 15 is 0 Å². The minimum absolute atomic E-state index is 0.118. The molecule has 5 heteroatoms. The van der Waals surface area contributed by atoms with Crippen LogP contribution < -0.4 is 5.32 Å². The zero-order valence-electron chi connectivity index (χ0n) is 11.3. The highest BCUT2D eigenvalue weighted by Gasteiger charge is 2.22. The lowest BCUT2D eigenvalue weighted by Gasteiger charge is -2.22. The molecule has 1 atom stereocenters. The number of rotatable bonds is 4. The van der Waals surface area contributed by atoms with Crippen LogP contribution in [0, 0.1) is 0 Å². The van der Waals surface area contributed by atoms with Crippen molar-refractivity contribution in [1.29, 1.82) is 0 Å². The van der Waals surface area contributed by atoms with Gasteiger partial charge in [-0.15, -0.1) is 0 Å². The highest BCUT2D eigenvalue weighted by atomic mass is 127. The largest absolute Gasteiger partial charge is 0.444 e. The van der Waals surface area contributed by atoms with E-state index in [2.05, 4.69) is 5.32 Å². The molecule has 0 saturated heterocycles. The fourth-order valence-electron chi connectivity index (χ4n) is 1.49. The lowest BCUT2D eigenvalue weighted by Crippen LogP contribution is -2.43. The van der Waals surface area contributed by atoms with Gasteiger partial charge in [0.15, 0.2) is 0 Å². The highest BCUT2D eigenvalue weighted by molar-refractivity contribution is 14.1. The van der Waals surface area contributed by atoms with Crippen LogP contribution in [-0.2, 0) is 16.0 Å². The van der Waals surface area contributed by atoms with Gasteiger partial charge in [-0.25, -0.2) is 4.79 Å². The zero-order valence-corrected chi connectivity index (χ0v) is 13.4. The number of ether oxygens (including phenoxy) is 1. The Morgan fingerprint density at radius 1 is 1.26 bits per heavy atom. The van der Waals surface area contributed by atoms with Gasteiger partial charge in [-0.3, -0.25) is 4.79 Å². The second-order valence-electron chi connectivity index (χ2n) is 5.19. The summed E-state index contributed by atoms with van der Waals surface area (Å²) in [5, 5.41) is 2.60. The molecular formula is C14H18INO3. The van der Waals surface area contributed by atoms with Gasteiger partial charge in [-0.1, -0.05) is 30.3 Å². The summed E-state index contributed by atoms with van der Waals surface area (Å²) in [5.41, 5.74) is 0.420. The maximum absolute atomic E-state index is 11.7. The summed E-state index contributed by atoms with van der Waals surface area (Å²) in [5.74, 6) is 0. The van der Waals surface area contributed by atoms with E-state index < -0.39 is 17.7 Å². The van der Waals surface area contributed by atoms with Crippen LogP contribution in [0.2, 0.25) is 0 Å². The van der Waals surface area contributed by atoms with Crippen LogP contribution in [0.1, 0.15) is 26.3 Å². The number of alkyl carbamates (subject to hydrolysis) is 1. The van der Waals surface area contributed by atoms with Crippen LogP contribution >= 0.6 is 22.6 Å². The molecule has 0 saturated carbocycles. The van der Waals surface area contributed by atoms with Crippen LogP contribution in [0.25, 0.3) is 0 Å². The predicted molar refractivity (Wildman–Crippen MR) is 82.3 cm³/mol. The summed E-state index contributed by atoms with van der Waals surface area (Å²) in [7, 11) is 0. The van der Waals surface area contributed by atoms with Crippen molar-refractivity contribution in [3.8, 4) is 0 Å². The summed E-state index contributed by atoms with van der Waals surface area (Å²) in [6, 6.07) is 8.98. The van der Waals surface area contributed by atoms with E-state index in [4.69, 9.17) is 4.74 Å². The average molecular weight is 375 g/mol. The molecule has 0 bridgehead atoms. The topological polar surface area (TPSA) is 55.4 Å². The molecule has 1 aromatic carbocycles. The molecule has 0 heterocycles. The van der Waals surface area contributed by atoms with Crippen LogP contribution in [0.5, 0.6) is 0 Å². The van der Waals surface area contributed by atoms with Gasteiger partial charge in [0.2, 0.25) is 3.79 Å². The number of hydrogen-bond donors (Lipinski definition) is 1. The Labute approximate surface area is 127 Å². The van der Waals surface area contributed by atoms with Gasteiger partial charge >= 0.3 is 6.09 Å². The molecule has 0 radical (unpaired) electrons. The predicted octanol–water partition coefficient (Wildman–Crippen LogP) is 3.08. The van der Waals surface area contributed by atoms with Crippen LogP contribution in [0.4, 0.5) is 4.79 Å². The van der Waals surface area contributed by atoms with Crippen molar-refractivity contribution in [3.05, 3.63) is 35.9 Å². The fourth-order valence-corrected chi connectivity index (χ4v) is 1.86. The number of halogens is 1. The average Bonchev–Trinajstić information content (AvgIpc) is 2.26. The molecule has 1 amide bonds. The summed E-state index contributed by atoms with van der Waals surface area (Å²) in [6.07, 6.45) is -0.111. The summed E-state index contributed by atoms with van der Waals surface area (Å²) in [4.78, 5) is 23.2. The Kier molecular flexibility index (Phi) is 5.78. The van der Waals surface area contributed by atoms with E-state index in [9.17, 15) is 9.59 Å². The Morgan fingerprint density at radius 3 is 2.32 bits per heavy atom. The van der Waals surface area contributed by atoms with Crippen LogP contribution in [-0.4, -0.2) is 21.5 Å². The van der Waals surface area contributed by atoms with E-state index in [1.165, 1.54) is 0 Å². The Morgan fingerprint density at radius 2 is 1.84 bits per heavy atom. The zero-order chi connectivity index (χ0) is 14.5. The van der Waals surface area contributed by atoms with Crippen molar-refractivity contribution in [2.45, 2.75) is 38.8 Å². The van der Waals surface area contributed by atoms with Crippen molar-refractivity contribution < 1.29 is 14.3 Å². The number of nitrogens with one attached hydrogen (secondary N) is 1. The first kappa shape index (κ1) is 15.9. The minimum atomic E-state index is -0.574. The third-order valence-electron chi connectivity index (χ3n) is 2.25. The van der Waals surface area contributed by atoms with Crippen molar-refractivity contribution in [2.24, 2.45) is 0 Å². The van der Waals surface area contributed by atoms with Crippen molar-refractivity contribution in [2.75, 3.05) is 0 Å². The molecule has 0 aliphatic heterocycles. The van der Waals surface area contributed by atoms with Crippen molar-refractivity contribution in [3.63, 3.8) is 0 Å². The Bertz CT molecular complexity index is 440. The SMILES string of the molecule is CC(C)(C)OC(=O)N[C@@H](Cc1ccccc1)C(=O)I. The first-order chi connectivity index (χ1) is 8.78. The number of amides is 1. The fraction of sp³-hybridized carbons (Fsp3) is 0.429. The molecule has 19 heavy (non-hydrogen) atoms. The number of benzene rings is 1. The van der Waals surface area contributed by atoms with Gasteiger partial charge in [-0.05, 0) is 26.3 Å². The molecule has 0 fully saturated rings. The quantitative estimate of drug-likeness (QED) is 0.650. The summed E-state index contributed by atoms with van der Waals surface area (Å²) >= 11 is 1.69. The standard InChI is InChI=1S/C14H18INO3/c1-14(2,3)19-13(18)16-11(12(15)17)9-10-7-5-4-6-8-10/h4-8,11H,9H2,1-3H3,(H,16,18)/t11-/m0/s1. The normalized spacial score (nSPS) is 12.6. The van der Waals surface area contributed by atoms with Crippen LogP contribution in [0.3, 0.4) is 0 Å². The van der Waals surface area contributed by atoms with E-state index in [-0.39, 0.29) is 3.79 Å². The first-order valence-corrected chi connectivity index (χ1v) is 7.08. The molecule has 0 aliphatic rings. The molecule has 0 aliphatic carbocycles. The molecule has 1 aromatic rings. The molecule has 0 unspecified atom stereocenters. The first-order valence-electron chi connectivity index (χ1n) is 6.01. The van der Waals surface area contributed by atoms with E-state index in [1.54, 1.807) is 43.4 Å². The minimum Gasteiger partial charge on any atom is -0.444 e. The molecule has 0 aromatic heterocycles. The monoisotopic (exact) mass is 375 g/mol. The molecule has 104 valence electrons. The van der Waals surface area contributed by atoms with Gasteiger partial charge in [0.05, 0.1) is 0 Å². The molecule has 1 rings (SSSR count). The van der Waals surface area contributed by atoms with Gasteiger partial charge in [-0.2, -0.15) is 0 Å². The lowest BCUT2D eigenvalue weighted by atomic mass is 10.1. The maximum atomic E-state index is 11.7.